The first-order chi connectivity index (χ1) is 9.63. The van der Waals surface area contributed by atoms with Crippen molar-refractivity contribution < 1.29 is 14.1 Å². The molecule has 0 radical (unpaired) electrons. The second-order valence-electron chi connectivity index (χ2n) is 3.87. The number of nitrogens with one attached hydrogen (secondary N) is 1. The first kappa shape index (κ1) is 14.2. The summed E-state index contributed by atoms with van der Waals surface area (Å²) in [6, 6.07) is 8.49. The van der Waals surface area contributed by atoms with E-state index in [4.69, 9.17) is 14.5 Å². The Morgan fingerprint density at radius 1 is 1.55 bits per heavy atom. The first-order valence-corrected chi connectivity index (χ1v) is 6.39. The molecule has 6 nitrogen and oxygen atoms in total. The molecule has 0 aliphatic rings. The number of amides is 1. The van der Waals surface area contributed by atoms with E-state index in [2.05, 4.69) is 26.4 Å². The van der Waals surface area contributed by atoms with Gasteiger partial charge in [0.25, 0.3) is 5.91 Å². The van der Waals surface area contributed by atoms with Crippen LogP contribution in [0.2, 0.25) is 0 Å². The van der Waals surface area contributed by atoms with E-state index >= 15 is 0 Å². The summed E-state index contributed by atoms with van der Waals surface area (Å²) in [6.07, 6.45) is 0. The van der Waals surface area contributed by atoms with Gasteiger partial charge in [-0.05, 0) is 18.2 Å². The minimum absolute atomic E-state index is 0.129. The van der Waals surface area contributed by atoms with Crippen molar-refractivity contribution in [1.29, 1.82) is 5.26 Å². The van der Waals surface area contributed by atoms with Gasteiger partial charge in [0.1, 0.15) is 12.7 Å². The molecule has 1 aromatic carbocycles. The Morgan fingerprint density at radius 2 is 2.35 bits per heavy atom. The number of methoxy groups -OCH3 is 1. The summed E-state index contributed by atoms with van der Waals surface area (Å²) < 4.78 is 10.6. The van der Waals surface area contributed by atoms with Crippen LogP contribution in [0.3, 0.4) is 0 Å². The van der Waals surface area contributed by atoms with Crippen LogP contribution in [0.1, 0.15) is 21.8 Å². The summed E-state index contributed by atoms with van der Waals surface area (Å²) in [6.45, 7) is 0.238. The van der Waals surface area contributed by atoms with Crippen LogP contribution in [0.5, 0.6) is 0 Å². The zero-order chi connectivity index (χ0) is 14.5. The van der Waals surface area contributed by atoms with Crippen molar-refractivity contribution in [1.82, 2.24) is 5.16 Å². The number of aromatic nitrogens is 1. The van der Waals surface area contributed by atoms with Crippen LogP contribution in [0.15, 0.2) is 33.3 Å². The molecule has 1 amide bonds. The third-order valence-electron chi connectivity index (χ3n) is 2.43. The second kappa shape index (κ2) is 6.32. The number of halogens is 1. The molecule has 0 unspecified atom stereocenters. The van der Waals surface area contributed by atoms with Gasteiger partial charge < -0.3 is 14.6 Å². The lowest BCUT2D eigenvalue weighted by atomic mass is 10.2. The number of hydrogen-bond donors (Lipinski definition) is 1. The average Bonchev–Trinajstić information content (AvgIpc) is 2.90. The highest BCUT2D eigenvalue weighted by Crippen LogP contribution is 2.21. The number of carbonyl (C=O) groups excluding carboxylic acids is 1. The lowest BCUT2D eigenvalue weighted by molar-refractivity contribution is 0.101. The summed E-state index contributed by atoms with van der Waals surface area (Å²) in [7, 11) is 1.52. The minimum Gasteiger partial charge on any atom is -0.377 e. The van der Waals surface area contributed by atoms with E-state index in [9.17, 15) is 4.79 Å². The molecule has 2 rings (SSSR count). The Hall–Kier alpha value is -2.17. The molecule has 0 aliphatic heterocycles. The van der Waals surface area contributed by atoms with Crippen LogP contribution in [-0.2, 0) is 11.3 Å². The molecule has 1 aromatic heterocycles. The largest absolute Gasteiger partial charge is 0.377 e. The maximum atomic E-state index is 12.0. The number of benzene rings is 1. The van der Waals surface area contributed by atoms with Crippen LogP contribution in [0.25, 0.3) is 0 Å². The molecule has 0 bridgehead atoms. The molecule has 0 saturated carbocycles. The zero-order valence-electron chi connectivity index (χ0n) is 10.5. The van der Waals surface area contributed by atoms with Crippen molar-refractivity contribution in [2.24, 2.45) is 0 Å². The van der Waals surface area contributed by atoms with E-state index in [1.54, 1.807) is 18.2 Å². The Balaban J connectivity index is 2.17. The normalized spacial score (nSPS) is 10.1. The molecule has 20 heavy (non-hydrogen) atoms. The highest BCUT2D eigenvalue weighted by molar-refractivity contribution is 9.10. The molecular formula is C13H10BrN3O3. The fourth-order valence-electron chi connectivity index (χ4n) is 1.53. The molecule has 1 N–H and O–H groups in total. The van der Waals surface area contributed by atoms with E-state index in [0.29, 0.717) is 17.0 Å². The quantitative estimate of drug-likeness (QED) is 0.927. The topological polar surface area (TPSA) is 88.1 Å². The van der Waals surface area contributed by atoms with E-state index in [-0.39, 0.29) is 12.3 Å². The summed E-state index contributed by atoms with van der Waals surface area (Å²) in [5.41, 5.74) is 0.897. The fourth-order valence-corrected chi connectivity index (χ4v) is 1.90. The van der Waals surface area contributed by atoms with Crippen molar-refractivity contribution in [2.45, 2.75) is 6.61 Å². The highest BCUT2D eigenvalue weighted by atomic mass is 79.9. The Kier molecular flexibility index (Phi) is 4.50. The van der Waals surface area contributed by atoms with Gasteiger partial charge in [0, 0.05) is 17.6 Å². The van der Waals surface area contributed by atoms with E-state index in [0.717, 1.165) is 4.47 Å². The Labute approximate surface area is 123 Å². The number of anilines is 1. The van der Waals surface area contributed by atoms with Crippen molar-refractivity contribution in [3.8, 4) is 6.07 Å². The second-order valence-corrected chi connectivity index (χ2v) is 4.78. The third-order valence-corrected chi connectivity index (χ3v) is 2.92. The molecule has 0 atom stereocenters. The number of nitriles is 1. The van der Waals surface area contributed by atoms with E-state index < -0.39 is 5.91 Å². The van der Waals surface area contributed by atoms with Gasteiger partial charge in [-0.3, -0.25) is 4.79 Å². The fraction of sp³-hybridized carbons (Fsp3) is 0.154. The number of hydrogen-bond acceptors (Lipinski definition) is 5. The summed E-state index contributed by atoms with van der Waals surface area (Å²) in [5, 5.41) is 15.3. The zero-order valence-corrected chi connectivity index (χ0v) is 12.1. The molecule has 102 valence electrons. The van der Waals surface area contributed by atoms with E-state index in [1.807, 2.05) is 6.07 Å². The van der Waals surface area contributed by atoms with Crippen molar-refractivity contribution in [2.75, 3.05) is 12.4 Å². The van der Waals surface area contributed by atoms with Gasteiger partial charge >= 0.3 is 0 Å². The third kappa shape index (κ3) is 3.23. The molecule has 0 spiro atoms. The summed E-state index contributed by atoms with van der Waals surface area (Å²) in [5.74, 6) is 0.00360. The van der Waals surface area contributed by atoms with Crippen LogP contribution in [-0.4, -0.2) is 18.2 Å². The molecular weight excluding hydrogens is 326 g/mol. The molecule has 7 heteroatoms. The predicted molar refractivity (Wildman–Crippen MR) is 74.0 cm³/mol. The number of ether oxygens (including phenoxy) is 1. The Morgan fingerprint density at radius 3 is 3.05 bits per heavy atom. The van der Waals surface area contributed by atoms with Crippen LogP contribution in [0, 0.1) is 11.3 Å². The average molecular weight is 336 g/mol. The first-order valence-electron chi connectivity index (χ1n) is 5.59. The van der Waals surface area contributed by atoms with Crippen LogP contribution >= 0.6 is 15.9 Å². The standard InChI is InChI=1S/C13H10BrN3O3/c1-19-7-10-5-12(17-20-10)13(18)16-11-3-2-9(14)4-8(11)6-15/h2-5H,7H2,1H3,(H,16,18). The van der Waals surface area contributed by atoms with Gasteiger partial charge in [0.2, 0.25) is 0 Å². The maximum absolute atomic E-state index is 12.0. The van der Waals surface area contributed by atoms with Gasteiger partial charge in [0.05, 0.1) is 11.3 Å². The Bertz CT molecular complexity index is 676. The molecule has 1 heterocycles. The number of carbonyl (C=O) groups is 1. The van der Waals surface area contributed by atoms with Crippen molar-refractivity contribution in [3.63, 3.8) is 0 Å². The van der Waals surface area contributed by atoms with Crippen LogP contribution in [0.4, 0.5) is 5.69 Å². The molecule has 2 aromatic rings. The van der Waals surface area contributed by atoms with Crippen molar-refractivity contribution >= 4 is 27.5 Å². The maximum Gasteiger partial charge on any atom is 0.277 e. The van der Waals surface area contributed by atoms with Gasteiger partial charge in [0.15, 0.2) is 11.5 Å². The number of rotatable bonds is 4. The monoisotopic (exact) mass is 335 g/mol. The van der Waals surface area contributed by atoms with Gasteiger partial charge in [-0.1, -0.05) is 21.1 Å². The van der Waals surface area contributed by atoms with E-state index in [1.165, 1.54) is 13.2 Å². The lowest BCUT2D eigenvalue weighted by Crippen LogP contribution is -2.13. The van der Waals surface area contributed by atoms with Gasteiger partial charge in [-0.2, -0.15) is 5.26 Å². The predicted octanol–water partition coefficient (Wildman–Crippen LogP) is 2.71. The summed E-state index contributed by atoms with van der Waals surface area (Å²) >= 11 is 3.26. The smallest absolute Gasteiger partial charge is 0.277 e. The lowest BCUT2D eigenvalue weighted by Gasteiger charge is -2.05. The highest BCUT2D eigenvalue weighted by Gasteiger charge is 2.14. The minimum atomic E-state index is -0.449. The SMILES string of the molecule is COCc1cc(C(=O)Nc2ccc(Br)cc2C#N)no1. The molecule has 0 aliphatic carbocycles. The van der Waals surface area contributed by atoms with Gasteiger partial charge in [-0.25, -0.2) is 0 Å². The molecule has 0 saturated heterocycles. The number of nitrogens with zero attached hydrogens (tertiary/aromatic N) is 2. The molecule has 0 fully saturated rings. The van der Waals surface area contributed by atoms with Gasteiger partial charge in [-0.15, -0.1) is 0 Å². The van der Waals surface area contributed by atoms with Crippen molar-refractivity contribution in [3.05, 3.63) is 45.8 Å². The van der Waals surface area contributed by atoms with Crippen LogP contribution < -0.4 is 5.32 Å². The summed E-state index contributed by atoms with van der Waals surface area (Å²) in [4.78, 5) is 12.0.